The van der Waals surface area contributed by atoms with E-state index in [4.69, 9.17) is 0 Å². The number of carbonyl (C=O) groups excluding carboxylic acids is 4. The fraction of sp³-hybridized carbons (Fsp3) is 0.304. The van der Waals surface area contributed by atoms with E-state index in [0.717, 1.165) is 22.6 Å². The lowest BCUT2D eigenvalue weighted by atomic mass is 10.0. The third-order valence-electron chi connectivity index (χ3n) is 5.92. The SMILES string of the molecule is Cc1cccc(C(=O)NC2CCN(C(=O)CN3C(=O)c4ccc([N+](=O)[O-])cc4C3=O)CC2)c1. The maximum atomic E-state index is 12.7. The molecule has 0 radical (unpaired) electrons. The molecule has 10 heteroatoms. The molecule has 0 atom stereocenters. The number of nitrogens with one attached hydrogen (secondary N) is 1. The Morgan fingerprint density at radius 3 is 2.42 bits per heavy atom. The van der Waals surface area contributed by atoms with Crippen LogP contribution in [0.4, 0.5) is 5.69 Å². The Morgan fingerprint density at radius 2 is 1.76 bits per heavy atom. The van der Waals surface area contributed by atoms with Gasteiger partial charge < -0.3 is 10.2 Å². The average molecular weight is 450 g/mol. The first-order chi connectivity index (χ1) is 15.7. The van der Waals surface area contributed by atoms with E-state index in [0.29, 0.717) is 31.5 Å². The summed E-state index contributed by atoms with van der Waals surface area (Å²) >= 11 is 0. The first-order valence-electron chi connectivity index (χ1n) is 10.5. The summed E-state index contributed by atoms with van der Waals surface area (Å²) in [4.78, 5) is 63.0. The van der Waals surface area contributed by atoms with Crippen LogP contribution in [-0.2, 0) is 4.79 Å². The molecule has 10 nitrogen and oxygen atoms in total. The van der Waals surface area contributed by atoms with E-state index < -0.39 is 23.3 Å². The zero-order chi connectivity index (χ0) is 23.7. The van der Waals surface area contributed by atoms with E-state index in [1.807, 2.05) is 25.1 Å². The number of nitro groups is 1. The molecule has 0 spiro atoms. The Kier molecular flexibility index (Phi) is 5.91. The fourth-order valence-electron chi connectivity index (χ4n) is 4.10. The van der Waals surface area contributed by atoms with Crippen molar-refractivity contribution in [2.24, 2.45) is 0 Å². The Labute approximate surface area is 189 Å². The molecule has 0 unspecified atom stereocenters. The molecule has 1 N–H and O–H groups in total. The molecule has 1 saturated heterocycles. The molecule has 0 saturated carbocycles. The van der Waals surface area contributed by atoms with Crippen molar-refractivity contribution in [2.45, 2.75) is 25.8 Å². The molecule has 2 aliphatic rings. The summed E-state index contributed by atoms with van der Waals surface area (Å²) in [5, 5.41) is 13.9. The number of nitro benzene ring substituents is 1. The van der Waals surface area contributed by atoms with Gasteiger partial charge >= 0.3 is 0 Å². The van der Waals surface area contributed by atoms with Gasteiger partial charge in [-0.1, -0.05) is 17.7 Å². The van der Waals surface area contributed by atoms with Crippen LogP contribution in [0.15, 0.2) is 42.5 Å². The van der Waals surface area contributed by atoms with Crippen LogP contribution < -0.4 is 5.32 Å². The van der Waals surface area contributed by atoms with Gasteiger partial charge in [0.25, 0.3) is 23.4 Å². The summed E-state index contributed by atoms with van der Waals surface area (Å²) in [5.41, 5.74) is 1.26. The minimum absolute atomic E-state index is 0.0518. The van der Waals surface area contributed by atoms with Crippen molar-refractivity contribution in [3.8, 4) is 0 Å². The molecule has 2 aromatic carbocycles. The van der Waals surface area contributed by atoms with E-state index in [-0.39, 0.29) is 34.7 Å². The average Bonchev–Trinajstić information content (AvgIpc) is 3.03. The summed E-state index contributed by atoms with van der Waals surface area (Å²) in [6.07, 6.45) is 1.11. The van der Waals surface area contributed by atoms with Crippen LogP contribution >= 0.6 is 0 Å². The number of hydrogen-bond acceptors (Lipinski definition) is 6. The van der Waals surface area contributed by atoms with Crippen LogP contribution in [-0.4, -0.2) is 64.0 Å². The third-order valence-corrected chi connectivity index (χ3v) is 5.92. The molecule has 170 valence electrons. The van der Waals surface area contributed by atoms with Gasteiger partial charge in [0.1, 0.15) is 6.54 Å². The largest absolute Gasteiger partial charge is 0.349 e. The second-order valence-corrected chi connectivity index (χ2v) is 8.18. The van der Waals surface area contributed by atoms with Gasteiger partial charge in [-0.25, -0.2) is 0 Å². The van der Waals surface area contributed by atoms with Crippen LogP contribution in [0.3, 0.4) is 0 Å². The van der Waals surface area contributed by atoms with Crippen LogP contribution in [0.1, 0.15) is 49.5 Å². The number of aryl methyl sites for hydroxylation is 1. The van der Waals surface area contributed by atoms with E-state index in [1.165, 1.54) is 6.07 Å². The second kappa shape index (κ2) is 8.81. The van der Waals surface area contributed by atoms with Crippen molar-refractivity contribution in [3.05, 3.63) is 74.8 Å². The number of fused-ring (bicyclic) bond motifs is 1. The number of carbonyl (C=O) groups is 4. The van der Waals surface area contributed by atoms with Gasteiger partial charge in [0, 0.05) is 36.8 Å². The van der Waals surface area contributed by atoms with Crippen molar-refractivity contribution in [1.29, 1.82) is 0 Å². The zero-order valence-corrected chi connectivity index (χ0v) is 17.9. The lowest BCUT2D eigenvalue weighted by Gasteiger charge is -2.33. The molecule has 4 amide bonds. The smallest absolute Gasteiger partial charge is 0.270 e. The van der Waals surface area contributed by atoms with Gasteiger partial charge in [-0.2, -0.15) is 0 Å². The lowest BCUT2D eigenvalue weighted by molar-refractivity contribution is -0.384. The number of likely N-dealkylation sites (tertiary alicyclic amines) is 1. The number of nitrogens with zero attached hydrogens (tertiary/aromatic N) is 3. The van der Waals surface area contributed by atoms with Crippen molar-refractivity contribution < 1.29 is 24.1 Å². The molecule has 4 rings (SSSR count). The minimum Gasteiger partial charge on any atom is -0.349 e. The first kappa shape index (κ1) is 22.1. The van der Waals surface area contributed by atoms with E-state index in [1.54, 1.807) is 11.0 Å². The third kappa shape index (κ3) is 4.45. The number of amides is 4. The highest BCUT2D eigenvalue weighted by Gasteiger charge is 2.39. The van der Waals surface area contributed by atoms with E-state index in [9.17, 15) is 29.3 Å². The molecule has 2 heterocycles. The second-order valence-electron chi connectivity index (χ2n) is 8.18. The van der Waals surface area contributed by atoms with E-state index >= 15 is 0 Å². The highest BCUT2D eigenvalue weighted by Crippen LogP contribution is 2.27. The number of imide groups is 1. The molecule has 0 aliphatic carbocycles. The van der Waals surface area contributed by atoms with Crippen molar-refractivity contribution >= 4 is 29.3 Å². The van der Waals surface area contributed by atoms with Crippen LogP contribution in [0.5, 0.6) is 0 Å². The molecule has 0 bridgehead atoms. The van der Waals surface area contributed by atoms with Gasteiger partial charge in [0.15, 0.2) is 0 Å². The standard InChI is InChI=1S/C23H22N4O6/c1-14-3-2-4-15(11-14)21(29)24-16-7-9-25(10-8-16)20(28)13-26-22(30)18-6-5-17(27(32)33)12-19(18)23(26)31/h2-6,11-12,16H,7-10,13H2,1H3,(H,24,29). The fourth-order valence-corrected chi connectivity index (χ4v) is 4.10. The monoisotopic (exact) mass is 450 g/mol. The predicted octanol–water partition coefficient (Wildman–Crippen LogP) is 1.92. The summed E-state index contributed by atoms with van der Waals surface area (Å²) in [6.45, 7) is 2.25. The minimum atomic E-state index is -0.715. The Hall–Kier alpha value is -4.08. The Bertz CT molecular complexity index is 1170. The maximum Gasteiger partial charge on any atom is 0.270 e. The zero-order valence-electron chi connectivity index (χ0n) is 17.9. The molecule has 2 aromatic rings. The molecular formula is C23H22N4O6. The molecule has 1 fully saturated rings. The van der Waals surface area contributed by atoms with Crippen LogP contribution in [0.25, 0.3) is 0 Å². The number of benzene rings is 2. The first-order valence-corrected chi connectivity index (χ1v) is 10.5. The highest BCUT2D eigenvalue weighted by molar-refractivity contribution is 6.22. The van der Waals surface area contributed by atoms with Crippen LogP contribution in [0, 0.1) is 17.0 Å². The predicted molar refractivity (Wildman–Crippen MR) is 117 cm³/mol. The maximum absolute atomic E-state index is 12.7. The molecule has 2 aliphatic heterocycles. The molecular weight excluding hydrogens is 428 g/mol. The van der Waals surface area contributed by atoms with Gasteiger partial charge in [-0.15, -0.1) is 0 Å². The summed E-state index contributed by atoms with van der Waals surface area (Å²) in [5.74, 6) is -1.91. The number of rotatable bonds is 5. The summed E-state index contributed by atoms with van der Waals surface area (Å²) in [6, 6.07) is 10.7. The van der Waals surface area contributed by atoms with Crippen molar-refractivity contribution in [2.75, 3.05) is 19.6 Å². The van der Waals surface area contributed by atoms with E-state index in [2.05, 4.69) is 5.32 Å². The summed E-state index contributed by atoms with van der Waals surface area (Å²) < 4.78 is 0. The van der Waals surface area contributed by atoms with Crippen molar-refractivity contribution in [1.82, 2.24) is 15.1 Å². The van der Waals surface area contributed by atoms with Crippen LogP contribution in [0.2, 0.25) is 0 Å². The Morgan fingerprint density at radius 1 is 1.06 bits per heavy atom. The lowest BCUT2D eigenvalue weighted by Crippen LogP contribution is -2.49. The van der Waals surface area contributed by atoms with Gasteiger partial charge in [-0.3, -0.25) is 34.2 Å². The van der Waals surface area contributed by atoms with Gasteiger partial charge in [0.2, 0.25) is 5.91 Å². The highest BCUT2D eigenvalue weighted by atomic mass is 16.6. The quantitative estimate of drug-likeness (QED) is 0.421. The summed E-state index contributed by atoms with van der Waals surface area (Å²) in [7, 11) is 0. The molecule has 0 aromatic heterocycles. The van der Waals surface area contributed by atoms with Crippen molar-refractivity contribution in [3.63, 3.8) is 0 Å². The number of hydrogen-bond donors (Lipinski definition) is 1. The topological polar surface area (TPSA) is 130 Å². The van der Waals surface area contributed by atoms with Gasteiger partial charge in [-0.05, 0) is 38.0 Å². The van der Waals surface area contributed by atoms with Gasteiger partial charge in [0.05, 0.1) is 16.1 Å². The normalized spacial score (nSPS) is 16.0. The number of non-ortho nitro benzene ring substituents is 1. The number of piperidine rings is 1. The Balaban J connectivity index is 1.33. The molecule has 33 heavy (non-hydrogen) atoms.